The Morgan fingerprint density at radius 3 is 2.39 bits per heavy atom. The van der Waals surface area contributed by atoms with Crippen molar-refractivity contribution in [1.29, 1.82) is 0 Å². The molecule has 0 aliphatic heterocycles. The summed E-state index contributed by atoms with van der Waals surface area (Å²) in [5.74, 6) is 0. The van der Waals surface area contributed by atoms with E-state index >= 15 is 0 Å². The second-order valence-corrected chi connectivity index (χ2v) is 5.28. The number of hydrogen-bond donors (Lipinski definition) is 1. The molecule has 0 fully saturated rings. The third kappa shape index (κ3) is 2.95. The van der Waals surface area contributed by atoms with Gasteiger partial charge in [0.2, 0.25) is 0 Å². The van der Waals surface area contributed by atoms with Crippen molar-refractivity contribution in [2.75, 3.05) is 0 Å². The van der Waals surface area contributed by atoms with Crippen LogP contribution < -0.4 is 0 Å². The molecule has 18 heavy (non-hydrogen) atoms. The van der Waals surface area contributed by atoms with Crippen molar-refractivity contribution in [2.24, 2.45) is 0 Å². The van der Waals surface area contributed by atoms with E-state index in [4.69, 9.17) is 0 Å². The van der Waals surface area contributed by atoms with Crippen molar-refractivity contribution < 1.29 is 15.8 Å². The molecule has 0 aliphatic carbocycles. The van der Waals surface area contributed by atoms with Crippen LogP contribution in [-0.4, -0.2) is 50.7 Å². The minimum Gasteiger partial charge on any atom is -1.00 e. The third-order valence-electron chi connectivity index (χ3n) is 2.60. The maximum atomic E-state index is 11.5. The van der Waals surface area contributed by atoms with Crippen LogP contribution in [-0.2, 0) is 10.1 Å². The molecule has 0 radical (unpaired) electrons. The zero-order valence-electron chi connectivity index (χ0n) is 12.1. The zero-order valence-corrected chi connectivity index (χ0v) is 13.1. The van der Waals surface area contributed by atoms with Gasteiger partial charge < -0.3 is 2.85 Å². The van der Waals surface area contributed by atoms with E-state index in [-0.39, 0.29) is 45.5 Å². The molecule has 2 rings (SSSR count). The molecule has 2 aromatic carbocycles. The predicted octanol–water partition coefficient (Wildman–Crippen LogP) is 2.96. The maximum absolute atomic E-state index is 11.5. The smallest absolute Gasteiger partial charge is 1.00 e. The molecule has 0 saturated heterocycles. The van der Waals surface area contributed by atoms with E-state index in [1.807, 2.05) is 12.1 Å². The second-order valence-electron chi connectivity index (χ2n) is 3.92. The molecule has 0 aliphatic rings. The molecule has 0 unspecified atom stereocenters. The van der Waals surface area contributed by atoms with E-state index < -0.39 is 10.1 Å². The predicted molar refractivity (Wildman–Crippen MR) is 76.4 cm³/mol. The molecule has 2 aromatic rings. The van der Waals surface area contributed by atoms with E-state index in [9.17, 15) is 13.0 Å². The molecule has 0 aromatic heterocycles. The molecule has 1 N–H and O–H groups in total. The summed E-state index contributed by atoms with van der Waals surface area (Å²) in [6, 6.07) is 10.5. The fraction of sp³-hybridized carbons (Fsp3) is 0.0769. The minimum atomic E-state index is -4.27. The van der Waals surface area contributed by atoms with E-state index in [0.29, 0.717) is 16.5 Å². The SMILES string of the molecule is C=C(C)c1ccc2ccccc2c1S(=O)(=O)O.[Ca+2].[H-].[H-]. The Morgan fingerprint density at radius 2 is 1.83 bits per heavy atom. The van der Waals surface area contributed by atoms with Gasteiger partial charge in [-0.15, -0.1) is 0 Å². The average Bonchev–Trinajstić information content (AvgIpc) is 2.26. The first-order valence-corrected chi connectivity index (χ1v) is 6.50. The van der Waals surface area contributed by atoms with Gasteiger partial charge in [0.15, 0.2) is 0 Å². The fourth-order valence-corrected chi connectivity index (χ4v) is 2.84. The van der Waals surface area contributed by atoms with Crippen LogP contribution in [0.2, 0.25) is 0 Å². The van der Waals surface area contributed by atoms with Crippen LogP contribution in [0.15, 0.2) is 47.9 Å². The van der Waals surface area contributed by atoms with Crippen molar-refractivity contribution in [2.45, 2.75) is 11.8 Å². The Hall–Kier alpha value is -0.390. The Bertz CT molecular complexity index is 715. The maximum Gasteiger partial charge on any atom is 2.00 e. The Morgan fingerprint density at radius 1 is 1.22 bits per heavy atom. The number of allylic oxidation sites excluding steroid dienone is 1. The molecule has 5 heteroatoms. The molecule has 92 valence electrons. The molecule has 0 bridgehead atoms. The Labute approximate surface area is 139 Å². The van der Waals surface area contributed by atoms with Crippen LogP contribution in [0.5, 0.6) is 0 Å². The number of benzene rings is 2. The summed E-state index contributed by atoms with van der Waals surface area (Å²) in [4.78, 5) is -0.0666. The summed E-state index contributed by atoms with van der Waals surface area (Å²) in [5, 5.41) is 1.28. The van der Waals surface area contributed by atoms with Crippen molar-refractivity contribution in [3.63, 3.8) is 0 Å². The summed E-state index contributed by atoms with van der Waals surface area (Å²) in [6.45, 7) is 5.44. The van der Waals surface area contributed by atoms with Gasteiger partial charge in [0.05, 0.1) is 0 Å². The van der Waals surface area contributed by atoms with E-state index in [1.54, 1.807) is 31.2 Å². The topological polar surface area (TPSA) is 54.4 Å². The Balaban J connectivity index is 0. The monoisotopic (exact) mass is 290 g/mol. The van der Waals surface area contributed by atoms with Crippen LogP contribution in [0, 0.1) is 0 Å². The number of rotatable bonds is 2. The van der Waals surface area contributed by atoms with Crippen LogP contribution in [0.3, 0.4) is 0 Å². The molecule has 0 spiro atoms. The summed E-state index contributed by atoms with van der Waals surface area (Å²) in [5.41, 5.74) is 1.05. The summed E-state index contributed by atoms with van der Waals surface area (Å²) < 4.78 is 32.3. The normalized spacial score (nSPS) is 11.0. The summed E-state index contributed by atoms with van der Waals surface area (Å²) in [6.07, 6.45) is 0. The van der Waals surface area contributed by atoms with Gasteiger partial charge in [0.25, 0.3) is 10.1 Å². The largest absolute Gasteiger partial charge is 2.00 e. The molecular weight excluding hydrogens is 276 g/mol. The summed E-state index contributed by atoms with van der Waals surface area (Å²) >= 11 is 0. The van der Waals surface area contributed by atoms with Crippen molar-refractivity contribution in [3.8, 4) is 0 Å². The third-order valence-corrected chi connectivity index (χ3v) is 3.55. The molecule has 0 saturated carbocycles. The molecule has 3 nitrogen and oxygen atoms in total. The van der Waals surface area contributed by atoms with Crippen molar-refractivity contribution in [1.82, 2.24) is 0 Å². The quantitative estimate of drug-likeness (QED) is 0.683. The zero-order chi connectivity index (χ0) is 12.6. The number of hydrogen-bond acceptors (Lipinski definition) is 2. The summed E-state index contributed by atoms with van der Waals surface area (Å²) in [7, 11) is -4.27. The molecular formula is C13H14CaO3S. The van der Waals surface area contributed by atoms with E-state index in [1.165, 1.54) is 0 Å². The second kappa shape index (κ2) is 5.72. The molecule has 0 heterocycles. The van der Waals surface area contributed by atoms with Gasteiger partial charge in [-0.05, 0) is 23.4 Å². The van der Waals surface area contributed by atoms with Crippen LogP contribution >= 0.6 is 0 Å². The average molecular weight is 290 g/mol. The number of fused-ring (bicyclic) bond motifs is 1. The van der Waals surface area contributed by atoms with Gasteiger partial charge in [-0.3, -0.25) is 4.55 Å². The van der Waals surface area contributed by atoms with Gasteiger partial charge in [-0.1, -0.05) is 43.0 Å². The molecule has 0 amide bonds. The van der Waals surface area contributed by atoms with Gasteiger partial charge in [0.1, 0.15) is 4.90 Å². The van der Waals surface area contributed by atoms with Crippen LogP contribution in [0.25, 0.3) is 16.3 Å². The van der Waals surface area contributed by atoms with Gasteiger partial charge in [-0.2, -0.15) is 8.42 Å². The minimum absolute atomic E-state index is 0. The first-order chi connectivity index (χ1) is 7.91. The van der Waals surface area contributed by atoms with Crippen LogP contribution in [0.1, 0.15) is 15.3 Å². The standard InChI is InChI=1S/C13H12O3S.Ca.2H/c1-9(2)11-8-7-10-5-3-4-6-12(10)13(11)17(14,15)16;;;/h3-8H,1H2,2H3,(H,14,15,16);;;/q;+2;2*-1. The first-order valence-electron chi connectivity index (χ1n) is 5.06. The Kier molecular flexibility index (Phi) is 4.97. The van der Waals surface area contributed by atoms with E-state index in [2.05, 4.69) is 6.58 Å². The fourth-order valence-electron chi connectivity index (χ4n) is 1.86. The van der Waals surface area contributed by atoms with E-state index in [0.717, 1.165) is 5.39 Å². The van der Waals surface area contributed by atoms with Gasteiger partial charge in [0, 0.05) is 5.39 Å². The van der Waals surface area contributed by atoms with Crippen LogP contribution in [0.4, 0.5) is 0 Å². The van der Waals surface area contributed by atoms with Gasteiger partial charge in [-0.25, -0.2) is 0 Å². The molecule has 0 atom stereocenters. The first kappa shape index (κ1) is 15.7. The van der Waals surface area contributed by atoms with Crippen molar-refractivity contribution in [3.05, 3.63) is 48.5 Å². The van der Waals surface area contributed by atoms with Gasteiger partial charge >= 0.3 is 37.7 Å². The van der Waals surface area contributed by atoms with Crippen molar-refractivity contribution >= 4 is 64.2 Å².